The lowest BCUT2D eigenvalue weighted by Crippen LogP contribution is -2.18. The van der Waals surface area contributed by atoms with Gasteiger partial charge in [0.25, 0.3) is 11.8 Å². The van der Waals surface area contributed by atoms with Gasteiger partial charge in [-0.25, -0.2) is 9.97 Å². The van der Waals surface area contributed by atoms with Crippen LogP contribution in [-0.2, 0) is 5.41 Å². The Morgan fingerprint density at radius 1 is 1.03 bits per heavy atom. The van der Waals surface area contributed by atoms with Crippen LogP contribution in [0.1, 0.15) is 45.8 Å². The van der Waals surface area contributed by atoms with Gasteiger partial charge in [-0.1, -0.05) is 18.2 Å². The smallest absolute Gasteiger partial charge is 0.278 e. The zero-order chi connectivity index (χ0) is 22.6. The van der Waals surface area contributed by atoms with Gasteiger partial charge in [-0.3, -0.25) is 9.59 Å². The Hall–Kier alpha value is -4.25. The molecule has 0 spiro atoms. The highest BCUT2D eigenvalue weighted by Crippen LogP contribution is 2.25. The van der Waals surface area contributed by atoms with Gasteiger partial charge in [0.05, 0.1) is 11.5 Å². The van der Waals surface area contributed by atoms with Crippen molar-refractivity contribution in [2.45, 2.75) is 26.2 Å². The van der Waals surface area contributed by atoms with Gasteiger partial charge in [-0.2, -0.15) is 5.26 Å². The molecule has 1 heterocycles. The molecule has 3 rings (SSSR count). The van der Waals surface area contributed by atoms with Gasteiger partial charge in [0.2, 0.25) is 0 Å². The maximum Gasteiger partial charge on any atom is 0.278 e. The van der Waals surface area contributed by atoms with Gasteiger partial charge in [0, 0.05) is 29.3 Å². The lowest BCUT2D eigenvalue weighted by Gasteiger charge is -2.17. The van der Waals surface area contributed by atoms with Crippen LogP contribution in [-0.4, -0.2) is 21.8 Å². The third-order valence-corrected chi connectivity index (χ3v) is 4.81. The third-order valence-electron chi connectivity index (χ3n) is 4.81. The number of hydrogen-bond donors (Lipinski definition) is 3. The summed E-state index contributed by atoms with van der Waals surface area (Å²) in [5, 5.41) is 14.9. The Labute approximate surface area is 180 Å². The number of aromatic nitrogens is 2. The van der Waals surface area contributed by atoms with Crippen molar-refractivity contribution < 1.29 is 9.59 Å². The molecule has 8 heteroatoms. The molecule has 2 amide bonds. The van der Waals surface area contributed by atoms with E-state index in [2.05, 4.69) is 26.7 Å². The average molecular weight is 414 g/mol. The molecule has 0 radical (unpaired) electrons. The number of carbonyl (C=O) groups is 2. The number of carbonyl (C=O) groups excluding carboxylic acids is 2. The van der Waals surface area contributed by atoms with Gasteiger partial charge >= 0.3 is 0 Å². The summed E-state index contributed by atoms with van der Waals surface area (Å²) in [5.41, 5.74) is 8.02. The highest BCUT2D eigenvalue weighted by molar-refractivity contribution is 6.07. The number of nitrogens with zero attached hydrogens (tertiary/aromatic N) is 3. The molecule has 0 atom stereocenters. The molecule has 0 saturated carbocycles. The van der Waals surface area contributed by atoms with Crippen molar-refractivity contribution in [3.63, 3.8) is 0 Å². The van der Waals surface area contributed by atoms with E-state index < -0.39 is 11.3 Å². The minimum atomic E-state index is -0.709. The zero-order valence-corrected chi connectivity index (χ0v) is 17.4. The second-order valence-corrected chi connectivity index (χ2v) is 7.55. The van der Waals surface area contributed by atoms with E-state index in [-0.39, 0.29) is 17.4 Å². The number of hydrogen-bond acceptors (Lipinski definition) is 6. The molecule has 156 valence electrons. The molecule has 8 nitrogen and oxygen atoms in total. The minimum Gasteiger partial charge on any atom is -0.382 e. The number of aryl methyl sites for hydroxylation is 1. The second kappa shape index (κ2) is 8.63. The van der Waals surface area contributed by atoms with Crippen molar-refractivity contribution in [1.82, 2.24) is 9.97 Å². The maximum absolute atomic E-state index is 12.7. The Kier molecular flexibility index (Phi) is 5.97. The average Bonchev–Trinajstić information content (AvgIpc) is 2.76. The summed E-state index contributed by atoms with van der Waals surface area (Å²) in [6.45, 7) is 5.42. The number of nitrogens with one attached hydrogen (secondary N) is 2. The first-order valence-corrected chi connectivity index (χ1v) is 9.53. The Morgan fingerprint density at radius 2 is 1.77 bits per heavy atom. The first-order chi connectivity index (χ1) is 14.7. The summed E-state index contributed by atoms with van der Waals surface area (Å²) < 4.78 is 0. The number of nitrogens with two attached hydrogens (primary N) is 1. The summed E-state index contributed by atoms with van der Waals surface area (Å²) in [4.78, 5) is 33.1. The first kappa shape index (κ1) is 21.5. The lowest BCUT2D eigenvalue weighted by molar-refractivity contribution is 0.101. The van der Waals surface area contributed by atoms with Crippen molar-refractivity contribution in [1.29, 1.82) is 5.26 Å². The van der Waals surface area contributed by atoms with Crippen LogP contribution in [0.25, 0.3) is 0 Å². The van der Waals surface area contributed by atoms with Crippen LogP contribution in [0, 0.1) is 18.3 Å². The molecular formula is C23H22N6O2. The number of benzene rings is 2. The SMILES string of the molecule is Cc1ccc(NC(=O)c2cccc(C(C)(C)C#N)c2)cc1NC(=O)c1nccnc1N. The van der Waals surface area contributed by atoms with Crippen LogP contribution in [0.3, 0.4) is 0 Å². The molecule has 0 aliphatic rings. The fraction of sp³-hybridized carbons (Fsp3) is 0.174. The van der Waals surface area contributed by atoms with Gasteiger partial charge in [0.15, 0.2) is 11.5 Å². The molecule has 0 aliphatic heterocycles. The Morgan fingerprint density at radius 3 is 2.48 bits per heavy atom. The van der Waals surface area contributed by atoms with Crippen molar-refractivity contribution in [3.05, 3.63) is 77.2 Å². The molecule has 0 saturated heterocycles. The van der Waals surface area contributed by atoms with E-state index >= 15 is 0 Å². The number of anilines is 3. The highest BCUT2D eigenvalue weighted by Gasteiger charge is 2.21. The number of nitriles is 1. The van der Waals surface area contributed by atoms with E-state index in [4.69, 9.17) is 5.73 Å². The van der Waals surface area contributed by atoms with E-state index in [0.717, 1.165) is 11.1 Å². The van der Waals surface area contributed by atoms with Gasteiger partial charge < -0.3 is 16.4 Å². The predicted molar refractivity (Wildman–Crippen MR) is 119 cm³/mol. The van der Waals surface area contributed by atoms with Crippen LogP contribution in [0.2, 0.25) is 0 Å². The topological polar surface area (TPSA) is 134 Å². The molecule has 3 aromatic rings. The summed E-state index contributed by atoms with van der Waals surface area (Å²) in [6, 6.07) is 14.3. The fourth-order valence-corrected chi connectivity index (χ4v) is 2.86. The van der Waals surface area contributed by atoms with Crippen LogP contribution < -0.4 is 16.4 Å². The van der Waals surface area contributed by atoms with Crippen molar-refractivity contribution in [2.24, 2.45) is 0 Å². The Bertz CT molecular complexity index is 1200. The summed E-state index contributed by atoms with van der Waals surface area (Å²) in [5.74, 6) is -0.791. The third kappa shape index (κ3) is 4.85. The van der Waals surface area contributed by atoms with E-state index in [1.165, 1.54) is 12.4 Å². The summed E-state index contributed by atoms with van der Waals surface area (Å²) in [7, 11) is 0. The monoisotopic (exact) mass is 414 g/mol. The lowest BCUT2D eigenvalue weighted by atomic mass is 9.85. The number of rotatable bonds is 5. The molecule has 0 aliphatic carbocycles. The van der Waals surface area contributed by atoms with Crippen LogP contribution in [0.15, 0.2) is 54.9 Å². The van der Waals surface area contributed by atoms with E-state index in [0.29, 0.717) is 16.9 Å². The van der Waals surface area contributed by atoms with Crippen molar-refractivity contribution in [3.8, 4) is 6.07 Å². The molecule has 1 aromatic heterocycles. The van der Waals surface area contributed by atoms with E-state index in [9.17, 15) is 14.9 Å². The maximum atomic E-state index is 12.7. The summed E-state index contributed by atoms with van der Waals surface area (Å²) >= 11 is 0. The number of amides is 2. The highest BCUT2D eigenvalue weighted by atomic mass is 16.2. The molecule has 4 N–H and O–H groups in total. The standard InChI is InChI=1S/C23H22N6O2/c1-14-7-8-17(12-18(14)29-22(31)19-20(25)27-10-9-26-19)28-21(30)15-5-4-6-16(11-15)23(2,3)13-24/h4-12H,1-3H3,(H2,25,27)(H,28,30)(H,29,31). The van der Waals surface area contributed by atoms with Gasteiger partial charge in [-0.15, -0.1) is 0 Å². The van der Waals surface area contributed by atoms with Gasteiger partial charge in [0.1, 0.15) is 0 Å². The molecule has 0 fully saturated rings. The molecule has 2 aromatic carbocycles. The second-order valence-electron chi connectivity index (χ2n) is 7.55. The molecular weight excluding hydrogens is 392 g/mol. The Balaban J connectivity index is 1.80. The molecule has 0 bridgehead atoms. The van der Waals surface area contributed by atoms with Crippen LogP contribution >= 0.6 is 0 Å². The molecule has 0 unspecified atom stereocenters. The van der Waals surface area contributed by atoms with E-state index in [1.807, 2.05) is 13.0 Å². The van der Waals surface area contributed by atoms with Gasteiger partial charge in [-0.05, 0) is 56.2 Å². The number of nitrogen functional groups attached to an aromatic ring is 1. The summed E-state index contributed by atoms with van der Waals surface area (Å²) in [6.07, 6.45) is 2.79. The minimum absolute atomic E-state index is 0.0215. The normalized spacial score (nSPS) is 10.8. The molecule has 31 heavy (non-hydrogen) atoms. The van der Waals surface area contributed by atoms with Crippen molar-refractivity contribution >= 4 is 29.0 Å². The quantitative estimate of drug-likeness (QED) is 0.583. The first-order valence-electron chi connectivity index (χ1n) is 9.53. The fourth-order valence-electron chi connectivity index (χ4n) is 2.86. The van der Waals surface area contributed by atoms with Crippen molar-refractivity contribution in [2.75, 3.05) is 16.4 Å². The predicted octanol–water partition coefficient (Wildman–Crippen LogP) is 3.67. The zero-order valence-electron chi connectivity index (χ0n) is 17.4. The van der Waals surface area contributed by atoms with E-state index in [1.54, 1.807) is 50.2 Å². The van der Waals surface area contributed by atoms with Crippen LogP contribution in [0.4, 0.5) is 17.2 Å². The van der Waals surface area contributed by atoms with Crippen LogP contribution in [0.5, 0.6) is 0 Å². The largest absolute Gasteiger partial charge is 0.382 e.